The van der Waals surface area contributed by atoms with Gasteiger partial charge in [-0.15, -0.1) is 0 Å². The summed E-state index contributed by atoms with van der Waals surface area (Å²) in [5.41, 5.74) is 5.98. The molecule has 0 atom stereocenters. The third kappa shape index (κ3) is 4.36. The minimum absolute atomic E-state index is 0.122. The summed E-state index contributed by atoms with van der Waals surface area (Å²) >= 11 is 0. The fraction of sp³-hybridized carbons (Fsp3) is 0.643. The number of anilines is 2. The van der Waals surface area contributed by atoms with Crippen LogP contribution in [0, 0.1) is 6.92 Å². The normalized spacial score (nSPS) is 11.2. The van der Waals surface area contributed by atoms with Crippen molar-refractivity contribution < 1.29 is 4.79 Å². The minimum Gasteiger partial charge on any atom is -0.373 e. The first kappa shape index (κ1) is 16.2. The molecule has 0 aliphatic carbocycles. The first-order chi connectivity index (χ1) is 9.25. The van der Waals surface area contributed by atoms with Crippen LogP contribution in [0.15, 0.2) is 0 Å². The summed E-state index contributed by atoms with van der Waals surface area (Å²) in [4.78, 5) is 19.9. The molecule has 0 aliphatic rings. The van der Waals surface area contributed by atoms with E-state index in [1.54, 1.807) is 0 Å². The van der Waals surface area contributed by atoms with Crippen LogP contribution < -0.4 is 16.4 Å². The number of carbonyl (C=O) groups is 1. The Balaban J connectivity index is 2.91. The van der Waals surface area contributed by atoms with Crippen LogP contribution in [0.1, 0.15) is 45.0 Å². The van der Waals surface area contributed by atoms with E-state index in [0.29, 0.717) is 19.4 Å². The monoisotopic (exact) mass is 279 g/mol. The number of rotatable bonds is 6. The highest BCUT2D eigenvalue weighted by atomic mass is 16.1. The highest BCUT2D eigenvalue weighted by Crippen LogP contribution is 2.25. The Morgan fingerprint density at radius 2 is 1.85 bits per heavy atom. The van der Waals surface area contributed by atoms with E-state index in [-0.39, 0.29) is 11.3 Å². The van der Waals surface area contributed by atoms with Gasteiger partial charge < -0.3 is 16.4 Å². The van der Waals surface area contributed by atoms with Crippen molar-refractivity contribution >= 4 is 17.5 Å². The van der Waals surface area contributed by atoms with E-state index in [4.69, 9.17) is 5.73 Å². The van der Waals surface area contributed by atoms with E-state index in [2.05, 4.69) is 41.4 Å². The molecule has 0 aromatic carbocycles. The number of aromatic nitrogens is 2. The minimum atomic E-state index is -0.280. The Morgan fingerprint density at radius 1 is 1.25 bits per heavy atom. The highest BCUT2D eigenvalue weighted by molar-refractivity contribution is 5.73. The lowest BCUT2D eigenvalue weighted by Crippen LogP contribution is -2.20. The fourth-order valence-corrected chi connectivity index (χ4v) is 1.74. The second-order valence-corrected chi connectivity index (χ2v) is 5.87. The summed E-state index contributed by atoms with van der Waals surface area (Å²) in [6, 6.07) is 0. The van der Waals surface area contributed by atoms with Crippen molar-refractivity contribution in [3.05, 3.63) is 11.4 Å². The smallest absolute Gasteiger partial charge is 0.217 e. The van der Waals surface area contributed by atoms with E-state index in [1.807, 2.05) is 14.0 Å². The van der Waals surface area contributed by atoms with E-state index in [9.17, 15) is 4.79 Å². The maximum atomic E-state index is 10.7. The molecular formula is C14H25N5O. The number of nitrogens with one attached hydrogen (secondary N) is 2. The van der Waals surface area contributed by atoms with Gasteiger partial charge in [-0.25, -0.2) is 9.97 Å². The summed E-state index contributed by atoms with van der Waals surface area (Å²) < 4.78 is 0. The molecule has 6 nitrogen and oxygen atoms in total. The van der Waals surface area contributed by atoms with Crippen molar-refractivity contribution in [2.75, 3.05) is 24.2 Å². The SMILES string of the molecule is CNc1nc(C(C)(C)C)nc(NCCCC(N)=O)c1C. The third-order valence-electron chi connectivity index (χ3n) is 2.95. The van der Waals surface area contributed by atoms with Crippen molar-refractivity contribution in [2.24, 2.45) is 5.73 Å². The van der Waals surface area contributed by atoms with Crippen molar-refractivity contribution in [2.45, 2.75) is 46.0 Å². The molecule has 1 rings (SSSR count). The van der Waals surface area contributed by atoms with Gasteiger partial charge in [-0.1, -0.05) is 20.8 Å². The molecule has 0 fully saturated rings. The zero-order valence-corrected chi connectivity index (χ0v) is 13.0. The van der Waals surface area contributed by atoms with Crippen LogP contribution in [0.25, 0.3) is 0 Å². The van der Waals surface area contributed by atoms with E-state index in [1.165, 1.54) is 0 Å². The summed E-state index contributed by atoms with van der Waals surface area (Å²) in [5, 5.41) is 6.35. The Morgan fingerprint density at radius 3 is 2.35 bits per heavy atom. The molecule has 112 valence electrons. The van der Waals surface area contributed by atoms with Crippen molar-refractivity contribution in [1.29, 1.82) is 0 Å². The molecule has 1 amide bonds. The number of primary amides is 1. The first-order valence-corrected chi connectivity index (χ1v) is 6.84. The maximum Gasteiger partial charge on any atom is 0.217 e. The van der Waals surface area contributed by atoms with Gasteiger partial charge in [0.1, 0.15) is 17.5 Å². The predicted molar refractivity (Wildman–Crippen MR) is 81.9 cm³/mol. The van der Waals surface area contributed by atoms with Gasteiger partial charge in [-0.3, -0.25) is 4.79 Å². The zero-order valence-electron chi connectivity index (χ0n) is 13.0. The Labute approximate surface area is 120 Å². The molecule has 4 N–H and O–H groups in total. The maximum absolute atomic E-state index is 10.7. The van der Waals surface area contributed by atoms with E-state index < -0.39 is 0 Å². The lowest BCUT2D eigenvalue weighted by molar-refractivity contribution is -0.118. The summed E-state index contributed by atoms with van der Waals surface area (Å²) in [6.07, 6.45) is 1.07. The van der Waals surface area contributed by atoms with Gasteiger partial charge in [0.25, 0.3) is 0 Å². The van der Waals surface area contributed by atoms with E-state index in [0.717, 1.165) is 23.0 Å². The number of hydrogen-bond donors (Lipinski definition) is 3. The van der Waals surface area contributed by atoms with Crippen LogP contribution in [-0.2, 0) is 10.2 Å². The Kier molecular flexibility index (Phi) is 5.30. The summed E-state index contributed by atoms with van der Waals surface area (Å²) in [6.45, 7) is 8.86. The third-order valence-corrected chi connectivity index (χ3v) is 2.95. The summed E-state index contributed by atoms with van der Waals surface area (Å²) in [5.74, 6) is 2.13. The first-order valence-electron chi connectivity index (χ1n) is 6.84. The second kappa shape index (κ2) is 6.54. The van der Waals surface area contributed by atoms with Crippen LogP contribution in [0.3, 0.4) is 0 Å². The average Bonchev–Trinajstić information content (AvgIpc) is 2.34. The molecule has 1 aromatic heterocycles. The molecule has 6 heteroatoms. The molecular weight excluding hydrogens is 254 g/mol. The Bertz CT molecular complexity index is 479. The molecule has 0 spiro atoms. The van der Waals surface area contributed by atoms with Gasteiger partial charge in [0.05, 0.1) is 0 Å². The van der Waals surface area contributed by atoms with Gasteiger partial charge in [-0.05, 0) is 13.3 Å². The number of nitrogens with two attached hydrogens (primary N) is 1. The fourth-order valence-electron chi connectivity index (χ4n) is 1.74. The van der Waals surface area contributed by atoms with Crippen molar-refractivity contribution in [3.63, 3.8) is 0 Å². The largest absolute Gasteiger partial charge is 0.373 e. The zero-order chi connectivity index (χ0) is 15.3. The Hall–Kier alpha value is -1.85. The van der Waals surface area contributed by atoms with Gasteiger partial charge in [-0.2, -0.15) is 0 Å². The average molecular weight is 279 g/mol. The molecule has 0 saturated carbocycles. The number of nitrogens with zero attached hydrogens (tertiary/aromatic N) is 2. The van der Waals surface area contributed by atoms with Gasteiger partial charge in [0.2, 0.25) is 5.91 Å². The quantitative estimate of drug-likeness (QED) is 0.690. The van der Waals surface area contributed by atoms with Crippen LogP contribution >= 0.6 is 0 Å². The topological polar surface area (TPSA) is 92.9 Å². The predicted octanol–water partition coefficient (Wildman–Crippen LogP) is 1.80. The van der Waals surface area contributed by atoms with Gasteiger partial charge in [0, 0.05) is 31.0 Å². The van der Waals surface area contributed by atoms with Gasteiger partial charge in [0.15, 0.2) is 0 Å². The molecule has 1 aromatic rings. The van der Waals surface area contributed by atoms with Crippen LogP contribution in [0.4, 0.5) is 11.6 Å². The molecule has 0 aliphatic heterocycles. The molecule has 20 heavy (non-hydrogen) atoms. The second-order valence-electron chi connectivity index (χ2n) is 5.87. The molecule has 0 saturated heterocycles. The standard InChI is InChI=1S/C14H25N5O/c1-9-11(16-5)18-13(14(2,3)4)19-12(9)17-8-6-7-10(15)20/h6-8H2,1-5H3,(H2,15,20)(H2,16,17,18,19). The lowest BCUT2D eigenvalue weighted by Gasteiger charge is -2.20. The van der Waals surface area contributed by atoms with Crippen LogP contribution in [-0.4, -0.2) is 29.5 Å². The molecule has 0 bridgehead atoms. The highest BCUT2D eigenvalue weighted by Gasteiger charge is 2.20. The van der Waals surface area contributed by atoms with Gasteiger partial charge >= 0.3 is 0 Å². The molecule has 0 radical (unpaired) electrons. The number of amides is 1. The van der Waals surface area contributed by atoms with E-state index >= 15 is 0 Å². The van der Waals surface area contributed by atoms with Crippen molar-refractivity contribution in [3.8, 4) is 0 Å². The lowest BCUT2D eigenvalue weighted by atomic mass is 9.95. The summed E-state index contributed by atoms with van der Waals surface area (Å²) in [7, 11) is 1.85. The number of carbonyl (C=O) groups excluding carboxylic acids is 1. The van der Waals surface area contributed by atoms with Crippen LogP contribution in [0.5, 0.6) is 0 Å². The molecule has 1 heterocycles. The number of hydrogen-bond acceptors (Lipinski definition) is 5. The van der Waals surface area contributed by atoms with Crippen molar-refractivity contribution in [1.82, 2.24) is 9.97 Å². The molecule has 0 unspecified atom stereocenters. The van der Waals surface area contributed by atoms with Crippen LogP contribution in [0.2, 0.25) is 0 Å².